The maximum absolute atomic E-state index is 5.99. The Morgan fingerprint density at radius 2 is 0.955 bits per heavy atom. The fraction of sp³-hybridized carbons (Fsp3) is 0. The van der Waals surface area contributed by atoms with Crippen LogP contribution in [0.4, 0.5) is 11.4 Å². The predicted octanol–water partition coefficient (Wildman–Crippen LogP) is 4.82. The van der Waals surface area contributed by atoms with Crippen molar-refractivity contribution >= 4 is 32.9 Å². The molecule has 0 amide bonds. The smallest absolute Gasteiger partial charge is 0.0320 e. The first-order valence-electron chi connectivity index (χ1n) is 7.29. The second-order valence-electron chi connectivity index (χ2n) is 5.57. The van der Waals surface area contributed by atoms with E-state index in [4.69, 9.17) is 11.5 Å². The Kier molecular flexibility index (Phi) is 2.76. The Labute approximate surface area is 129 Å². The van der Waals surface area contributed by atoms with E-state index in [0.717, 1.165) is 22.1 Å². The average Bonchev–Trinajstić information content (AvgIpc) is 2.54. The summed E-state index contributed by atoms with van der Waals surface area (Å²) in [5.74, 6) is 0. The van der Waals surface area contributed by atoms with Crippen molar-refractivity contribution in [3.05, 3.63) is 72.8 Å². The summed E-state index contributed by atoms with van der Waals surface area (Å²) in [7, 11) is 0. The standard InChI is InChI=1S/C20H16N2/c21-15-9-7-13-3-1-5-17(19(13)11-15)18-6-2-4-14-8-10-16(22)12-20(14)18/h1-12H,21-22H2. The van der Waals surface area contributed by atoms with Crippen LogP contribution >= 0.6 is 0 Å². The number of nitrogen functional groups attached to an aromatic ring is 2. The number of anilines is 2. The molecule has 106 valence electrons. The molecule has 0 aliphatic carbocycles. The van der Waals surface area contributed by atoms with Gasteiger partial charge in [-0.3, -0.25) is 0 Å². The van der Waals surface area contributed by atoms with E-state index in [1.54, 1.807) is 0 Å². The normalized spacial score (nSPS) is 11.1. The molecule has 0 saturated heterocycles. The molecule has 4 aromatic rings. The van der Waals surface area contributed by atoms with E-state index >= 15 is 0 Å². The van der Waals surface area contributed by atoms with Crippen LogP contribution < -0.4 is 11.5 Å². The van der Waals surface area contributed by atoms with E-state index in [0.29, 0.717) is 0 Å². The third kappa shape index (κ3) is 1.97. The molecule has 0 aliphatic rings. The zero-order valence-corrected chi connectivity index (χ0v) is 12.1. The van der Waals surface area contributed by atoms with Crippen LogP contribution in [0.5, 0.6) is 0 Å². The third-order valence-electron chi connectivity index (χ3n) is 4.10. The topological polar surface area (TPSA) is 52.0 Å². The molecule has 0 saturated carbocycles. The molecule has 2 nitrogen and oxygen atoms in total. The molecule has 2 heteroatoms. The molecule has 0 spiro atoms. The van der Waals surface area contributed by atoms with E-state index < -0.39 is 0 Å². The van der Waals surface area contributed by atoms with Gasteiger partial charge >= 0.3 is 0 Å². The van der Waals surface area contributed by atoms with Crippen LogP contribution in [-0.4, -0.2) is 0 Å². The molecule has 0 fully saturated rings. The predicted molar refractivity (Wildman–Crippen MR) is 95.7 cm³/mol. The summed E-state index contributed by atoms with van der Waals surface area (Å²) in [5.41, 5.74) is 15.9. The highest BCUT2D eigenvalue weighted by Gasteiger charge is 2.08. The monoisotopic (exact) mass is 284 g/mol. The van der Waals surface area contributed by atoms with Gasteiger partial charge in [0.2, 0.25) is 0 Å². The van der Waals surface area contributed by atoms with E-state index in [9.17, 15) is 0 Å². The minimum absolute atomic E-state index is 0.778. The summed E-state index contributed by atoms with van der Waals surface area (Å²) in [6, 6.07) is 24.7. The number of hydrogen-bond acceptors (Lipinski definition) is 2. The Bertz CT molecular complexity index is 920. The van der Waals surface area contributed by atoms with Crippen LogP contribution in [0.25, 0.3) is 32.7 Å². The molecule has 0 radical (unpaired) electrons. The first-order valence-corrected chi connectivity index (χ1v) is 7.29. The minimum Gasteiger partial charge on any atom is -0.399 e. The summed E-state index contributed by atoms with van der Waals surface area (Å²) in [5, 5.41) is 4.70. The van der Waals surface area contributed by atoms with Gasteiger partial charge in [0, 0.05) is 11.4 Å². The van der Waals surface area contributed by atoms with E-state index in [2.05, 4.69) is 48.5 Å². The summed E-state index contributed by atoms with van der Waals surface area (Å²) in [6.45, 7) is 0. The molecule has 22 heavy (non-hydrogen) atoms. The van der Waals surface area contributed by atoms with Crippen molar-refractivity contribution in [1.82, 2.24) is 0 Å². The molecule has 0 aromatic heterocycles. The second-order valence-corrected chi connectivity index (χ2v) is 5.57. The Balaban J connectivity index is 2.11. The lowest BCUT2D eigenvalue weighted by Crippen LogP contribution is -1.89. The van der Waals surface area contributed by atoms with Gasteiger partial charge in [-0.15, -0.1) is 0 Å². The number of hydrogen-bond donors (Lipinski definition) is 2. The van der Waals surface area contributed by atoms with Gasteiger partial charge in [-0.05, 0) is 56.9 Å². The Morgan fingerprint density at radius 3 is 1.41 bits per heavy atom. The zero-order chi connectivity index (χ0) is 15.1. The summed E-state index contributed by atoms with van der Waals surface area (Å²) < 4.78 is 0. The van der Waals surface area contributed by atoms with Crippen molar-refractivity contribution in [3.8, 4) is 11.1 Å². The quantitative estimate of drug-likeness (QED) is 0.492. The van der Waals surface area contributed by atoms with E-state index in [-0.39, 0.29) is 0 Å². The average molecular weight is 284 g/mol. The van der Waals surface area contributed by atoms with Crippen LogP contribution in [-0.2, 0) is 0 Å². The molecular weight excluding hydrogens is 268 g/mol. The second kappa shape index (κ2) is 4.78. The van der Waals surface area contributed by atoms with Crippen molar-refractivity contribution in [1.29, 1.82) is 0 Å². The maximum Gasteiger partial charge on any atom is 0.0320 e. The third-order valence-corrected chi connectivity index (χ3v) is 4.10. The highest BCUT2D eigenvalue weighted by molar-refractivity contribution is 6.06. The number of benzene rings is 4. The lowest BCUT2D eigenvalue weighted by Gasteiger charge is -2.11. The van der Waals surface area contributed by atoms with Crippen molar-refractivity contribution in [2.75, 3.05) is 11.5 Å². The van der Waals surface area contributed by atoms with Gasteiger partial charge in [-0.2, -0.15) is 0 Å². The summed E-state index contributed by atoms with van der Waals surface area (Å²) in [4.78, 5) is 0. The minimum atomic E-state index is 0.778. The molecular formula is C20H16N2. The molecule has 0 bridgehead atoms. The molecule has 4 aromatic carbocycles. The molecule has 0 aliphatic heterocycles. The molecule has 0 atom stereocenters. The van der Waals surface area contributed by atoms with Gasteiger partial charge in [-0.1, -0.05) is 48.5 Å². The van der Waals surface area contributed by atoms with Gasteiger partial charge in [0.05, 0.1) is 0 Å². The van der Waals surface area contributed by atoms with Crippen LogP contribution in [0, 0.1) is 0 Å². The number of nitrogens with two attached hydrogens (primary N) is 2. The Hall–Kier alpha value is -3.00. The largest absolute Gasteiger partial charge is 0.399 e. The summed E-state index contributed by atoms with van der Waals surface area (Å²) >= 11 is 0. The summed E-state index contributed by atoms with van der Waals surface area (Å²) in [6.07, 6.45) is 0. The first-order chi connectivity index (χ1) is 10.7. The fourth-order valence-corrected chi connectivity index (χ4v) is 3.05. The maximum atomic E-state index is 5.99. The van der Waals surface area contributed by atoms with E-state index in [1.165, 1.54) is 21.9 Å². The van der Waals surface area contributed by atoms with Gasteiger partial charge in [0.25, 0.3) is 0 Å². The van der Waals surface area contributed by atoms with Gasteiger partial charge in [0.15, 0.2) is 0 Å². The molecule has 0 unspecified atom stereocenters. The molecule has 4 N–H and O–H groups in total. The van der Waals surface area contributed by atoms with Crippen LogP contribution in [0.2, 0.25) is 0 Å². The number of fused-ring (bicyclic) bond motifs is 2. The van der Waals surface area contributed by atoms with Gasteiger partial charge in [0.1, 0.15) is 0 Å². The molecule has 4 rings (SSSR count). The van der Waals surface area contributed by atoms with Crippen LogP contribution in [0.15, 0.2) is 72.8 Å². The lowest BCUT2D eigenvalue weighted by molar-refractivity contribution is 1.67. The highest BCUT2D eigenvalue weighted by atomic mass is 14.5. The van der Waals surface area contributed by atoms with Crippen molar-refractivity contribution in [2.24, 2.45) is 0 Å². The Morgan fingerprint density at radius 1 is 0.500 bits per heavy atom. The van der Waals surface area contributed by atoms with Crippen molar-refractivity contribution in [3.63, 3.8) is 0 Å². The zero-order valence-electron chi connectivity index (χ0n) is 12.1. The van der Waals surface area contributed by atoms with E-state index in [1.807, 2.05) is 24.3 Å². The van der Waals surface area contributed by atoms with Crippen LogP contribution in [0.1, 0.15) is 0 Å². The molecule has 0 heterocycles. The van der Waals surface area contributed by atoms with Gasteiger partial charge < -0.3 is 11.5 Å². The lowest BCUT2D eigenvalue weighted by atomic mass is 9.93. The fourth-order valence-electron chi connectivity index (χ4n) is 3.05. The van der Waals surface area contributed by atoms with Crippen molar-refractivity contribution < 1.29 is 0 Å². The number of rotatable bonds is 1. The first kappa shape index (κ1) is 12.7. The van der Waals surface area contributed by atoms with Crippen molar-refractivity contribution in [2.45, 2.75) is 0 Å². The highest BCUT2D eigenvalue weighted by Crippen LogP contribution is 2.35. The SMILES string of the molecule is Nc1ccc2cccc(-c3cccc4ccc(N)cc34)c2c1. The van der Waals surface area contributed by atoms with Crippen LogP contribution in [0.3, 0.4) is 0 Å². The van der Waals surface area contributed by atoms with Gasteiger partial charge in [-0.25, -0.2) is 0 Å².